The average molecular weight is 264 g/mol. The maximum Gasteiger partial charge on any atom is 0.411 e. The van der Waals surface area contributed by atoms with Crippen molar-refractivity contribution in [2.24, 2.45) is 0 Å². The van der Waals surface area contributed by atoms with E-state index in [1.165, 1.54) is 0 Å². The fourth-order valence-electron chi connectivity index (χ4n) is 1.14. The van der Waals surface area contributed by atoms with E-state index < -0.39 is 12.8 Å². The average Bonchev–Trinajstić information content (AvgIpc) is 2.28. The second kappa shape index (κ2) is 7.00. The summed E-state index contributed by atoms with van der Waals surface area (Å²) < 4.78 is 39.8. The summed E-state index contributed by atoms with van der Waals surface area (Å²) >= 11 is 0. The van der Waals surface area contributed by atoms with Gasteiger partial charge in [-0.2, -0.15) is 18.2 Å². The van der Waals surface area contributed by atoms with Crippen LogP contribution >= 0.6 is 0 Å². The molecule has 0 aromatic carbocycles. The lowest BCUT2D eigenvalue weighted by atomic mass is 10.5. The molecule has 0 atom stereocenters. The summed E-state index contributed by atoms with van der Waals surface area (Å²) in [6.07, 6.45) is -2.73. The van der Waals surface area contributed by atoms with E-state index in [9.17, 15) is 13.2 Å². The number of nitrogens with one attached hydrogen (secondary N) is 2. The van der Waals surface area contributed by atoms with Gasteiger partial charge in [-0.3, -0.25) is 0 Å². The van der Waals surface area contributed by atoms with Gasteiger partial charge >= 0.3 is 6.18 Å². The Morgan fingerprint density at radius 1 is 1.33 bits per heavy atom. The van der Waals surface area contributed by atoms with E-state index in [1.807, 2.05) is 6.92 Å². The first-order chi connectivity index (χ1) is 8.51. The van der Waals surface area contributed by atoms with Gasteiger partial charge in [-0.1, -0.05) is 0 Å². The smallest absolute Gasteiger partial charge is 0.370 e. The Balaban J connectivity index is 2.24. The number of ether oxygens (including phenoxy) is 1. The van der Waals surface area contributed by atoms with Crippen LogP contribution < -0.4 is 10.6 Å². The highest BCUT2D eigenvalue weighted by atomic mass is 19.4. The Morgan fingerprint density at radius 2 is 2.11 bits per heavy atom. The number of alkyl halides is 3. The molecule has 1 aromatic heterocycles. The highest BCUT2D eigenvalue weighted by molar-refractivity contribution is 5.39. The molecule has 0 aliphatic rings. The second-order valence-electron chi connectivity index (χ2n) is 3.39. The minimum atomic E-state index is -4.28. The fraction of sp³-hybridized carbons (Fsp3) is 0.600. The molecular formula is C10H15F3N4O. The summed E-state index contributed by atoms with van der Waals surface area (Å²) in [6.45, 7) is 1.58. The molecule has 0 saturated carbocycles. The first-order valence-electron chi connectivity index (χ1n) is 5.46. The van der Waals surface area contributed by atoms with Gasteiger partial charge in [0.2, 0.25) is 5.95 Å². The van der Waals surface area contributed by atoms with E-state index in [0.29, 0.717) is 18.3 Å². The van der Waals surface area contributed by atoms with E-state index in [4.69, 9.17) is 0 Å². The van der Waals surface area contributed by atoms with Crippen LogP contribution in [0, 0.1) is 0 Å². The Kier molecular flexibility index (Phi) is 5.63. The monoisotopic (exact) mass is 264 g/mol. The van der Waals surface area contributed by atoms with Crippen molar-refractivity contribution in [2.75, 3.05) is 36.9 Å². The quantitative estimate of drug-likeness (QED) is 0.737. The zero-order chi connectivity index (χ0) is 13.4. The standard InChI is InChI=1S/C10H15F3N4O/c1-2-14-9-16-4-3-8(17-9)15-5-6-18-7-10(11,12)13/h3-4H,2,5-7H2,1H3,(H2,14,15,16,17). The molecule has 0 amide bonds. The Labute approximate surface area is 103 Å². The first kappa shape index (κ1) is 14.5. The highest BCUT2D eigenvalue weighted by Gasteiger charge is 2.27. The summed E-state index contributed by atoms with van der Waals surface area (Å²) in [7, 11) is 0. The minimum absolute atomic E-state index is 0.0416. The zero-order valence-electron chi connectivity index (χ0n) is 9.92. The molecule has 5 nitrogen and oxygen atoms in total. The number of anilines is 2. The normalized spacial score (nSPS) is 11.3. The van der Waals surface area contributed by atoms with Gasteiger partial charge in [0, 0.05) is 19.3 Å². The molecule has 0 aliphatic heterocycles. The van der Waals surface area contributed by atoms with Crippen molar-refractivity contribution in [3.63, 3.8) is 0 Å². The molecule has 102 valence electrons. The topological polar surface area (TPSA) is 59.1 Å². The molecule has 0 fully saturated rings. The number of hydrogen-bond acceptors (Lipinski definition) is 5. The number of aromatic nitrogens is 2. The summed E-state index contributed by atoms with van der Waals surface area (Å²) in [5, 5.41) is 5.77. The Morgan fingerprint density at radius 3 is 2.78 bits per heavy atom. The summed E-state index contributed by atoms with van der Waals surface area (Å²) in [5.41, 5.74) is 0. The molecule has 0 radical (unpaired) electrons. The lowest BCUT2D eigenvalue weighted by molar-refractivity contribution is -0.172. The van der Waals surface area contributed by atoms with Gasteiger partial charge in [0.15, 0.2) is 0 Å². The number of hydrogen-bond donors (Lipinski definition) is 2. The van der Waals surface area contributed by atoms with E-state index >= 15 is 0 Å². The molecule has 1 aromatic rings. The minimum Gasteiger partial charge on any atom is -0.370 e. The second-order valence-corrected chi connectivity index (χ2v) is 3.39. The zero-order valence-corrected chi connectivity index (χ0v) is 9.92. The maximum atomic E-state index is 11.8. The predicted molar refractivity (Wildman–Crippen MR) is 61.6 cm³/mol. The number of halogens is 3. The molecule has 18 heavy (non-hydrogen) atoms. The van der Waals surface area contributed by atoms with E-state index in [2.05, 4.69) is 25.3 Å². The van der Waals surface area contributed by atoms with Crippen LogP contribution in [0.4, 0.5) is 24.9 Å². The molecule has 0 bridgehead atoms. The highest BCUT2D eigenvalue weighted by Crippen LogP contribution is 2.14. The van der Waals surface area contributed by atoms with Gasteiger partial charge in [-0.05, 0) is 13.0 Å². The lowest BCUT2D eigenvalue weighted by Crippen LogP contribution is -2.20. The third-order valence-electron chi connectivity index (χ3n) is 1.81. The van der Waals surface area contributed by atoms with Gasteiger partial charge in [-0.15, -0.1) is 0 Å². The van der Waals surface area contributed by atoms with Crippen molar-refractivity contribution >= 4 is 11.8 Å². The largest absolute Gasteiger partial charge is 0.411 e. The molecule has 0 unspecified atom stereocenters. The molecule has 2 N–H and O–H groups in total. The van der Waals surface area contributed by atoms with Crippen LogP contribution in [-0.4, -0.2) is 42.4 Å². The van der Waals surface area contributed by atoms with E-state index in [-0.39, 0.29) is 13.2 Å². The van der Waals surface area contributed by atoms with Crippen molar-refractivity contribution in [3.05, 3.63) is 12.3 Å². The SMILES string of the molecule is CCNc1nccc(NCCOCC(F)(F)F)n1. The third kappa shape index (κ3) is 6.24. The molecule has 1 rings (SSSR count). The van der Waals surface area contributed by atoms with E-state index in [0.717, 1.165) is 0 Å². The molecular weight excluding hydrogens is 249 g/mol. The van der Waals surface area contributed by atoms with Gasteiger partial charge in [0.25, 0.3) is 0 Å². The Hall–Kier alpha value is -1.57. The third-order valence-corrected chi connectivity index (χ3v) is 1.81. The lowest BCUT2D eigenvalue weighted by Gasteiger charge is -2.09. The number of rotatable bonds is 7. The van der Waals surface area contributed by atoms with Crippen molar-refractivity contribution in [3.8, 4) is 0 Å². The van der Waals surface area contributed by atoms with Crippen LogP contribution in [0.5, 0.6) is 0 Å². The van der Waals surface area contributed by atoms with Crippen LogP contribution in [0.25, 0.3) is 0 Å². The molecule has 8 heteroatoms. The summed E-state index contributed by atoms with van der Waals surface area (Å²) in [5.74, 6) is 1.01. The van der Waals surface area contributed by atoms with Gasteiger partial charge in [0.05, 0.1) is 6.61 Å². The van der Waals surface area contributed by atoms with Gasteiger partial charge < -0.3 is 15.4 Å². The van der Waals surface area contributed by atoms with Crippen LogP contribution in [0.2, 0.25) is 0 Å². The van der Waals surface area contributed by atoms with Crippen molar-refractivity contribution in [2.45, 2.75) is 13.1 Å². The van der Waals surface area contributed by atoms with E-state index in [1.54, 1.807) is 12.3 Å². The van der Waals surface area contributed by atoms with Gasteiger partial charge in [-0.25, -0.2) is 4.98 Å². The van der Waals surface area contributed by atoms with Crippen molar-refractivity contribution in [1.82, 2.24) is 9.97 Å². The van der Waals surface area contributed by atoms with Gasteiger partial charge in [0.1, 0.15) is 12.4 Å². The first-order valence-corrected chi connectivity index (χ1v) is 5.46. The molecule has 0 saturated heterocycles. The van der Waals surface area contributed by atoms with Crippen LogP contribution in [0.15, 0.2) is 12.3 Å². The fourth-order valence-corrected chi connectivity index (χ4v) is 1.14. The predicted octanol–water partition coefficient (Wildman–Crippen LogP) is 1.90. The molecule has 0 spiro atoms. The molecule has 1 heterocycles. The van der Waals surface area contributed by atoms with Crippen LogP contribution in [0.3, 0.4) is 0 Å². The summed E-state index contributed by atoms with van der Waals surface area (Å²) in [6, 6.07) is 1.63. The molecule has 0 aliphatic carbocycles. The van der Waals surface area contributed by atoms with Crippen molar-refractivity contribution in [1.29, 1.82) is 0 Å². The van der Waals surface area contributed by atoms with Crippen LogP contribution in [0.1, 0.15) is 6.92 Å². The summed E-state index contributed by atoms with van der Waals surface area (Å²) in [4.78, 5) is 8.06. The van der Waals surface area contributed by atoms with Crippen molar-refractivity contribution < 1.29 is 17.9 Å². The maximum absolute atomic E-state index is 11.8. The van der Waals surface area contributed by atoms with Crippen LogP contribution in [-0.2, 0) is 4.74 Å². The Bertz CT molecular complexity index is 359. The number of nitrogens with zero attached hydrogens (tertiary/aromatic N) is 2.